The van der Waals surface area contributed by atoms with Gasteiger partial charge >= 0.3 is 0 Å². The van der Waals surface area contributed by atoms with E-state index in [9.17, 15) is 0 Å². The summed E-state index contributed by atoms with van der Waals surface area (Å²) in [6.45, 7) is 28.9. The summed E-state index contributed by atoms with van der Waals surface area (Å²) in [6.07, 6.45) is 11.1. The molecule has 0 saturated heterocycles. The van der Waals surface area contributed by atoms with Crippen LogP contribution in [0.5, 0.6) is 0 Å². The summed E-state index contributed by atoms with van der Waals surface area (Å²) in [7, 11) is 4.14. The van der Waals surface area contributed by atoms with Gasteiger partial charge in [0, 0.05) is 76.0 Å². The number of likely N-dealkylation sites (N-methyl/N-ethyl adjacent to an activating group) is 1. The normalized spacial score (nSPS) is 9.78. The second-order valence-corrected chi connectivity index (χ2v) is 11.8. The van der Waals surface area contributed by atoms with Crippen LogP contribution in [0, 0.1) is 6.92 Å². The molecule has 0 atom stereocenters. The van der Waals surface area contributed by atoms with Gasteiger partial charge in [-0.3, -0.25) is 0 Å². The average molecular weight is 739 g/mol. The number of allylic oxidation sites excluding steroid dienone is 3. The average Bonchev–Trinajstić information content (AvgIpc) is 3.11. The molecule has 0 spiro atoms. The molecule has 4 N–H and O–H groups in total. The number of unbranched alkanes of at least 4 members (excludes halogenated alkanes) is 2. The summed E-state index contributed by atoms with van der Waals surface area (Å²) in [5.41, 5.74) is 15.0. The topological polar surface area (TPSA) is 63.1 Å². The summed E-state index contributed by atoms with van der Waals surface area (Å²) in [5.74, 6) is 6.72. The van der Waals surface area contributed by atoms with E-state index >= 15 is 0 Å². The van der Waals surface area contributed by atoms with Crippen molar-refractivity contribution in [3.05, 3.63) is 151 Å². The predicted molar refractivity (Wildman–Crippen MR) is 215 cm³/mol. The first-order chi connectivity index (χ1) is 23.1. The van der Waals surface area contributed by atoms with Crippen LogP contribution in [0.1, 0.15) is 86.8 Å². The van der Waals surface area contributed by atoms with Crippen molar-refractivity contribution in [3.63, 3.8) is 0 Å². The zero-order valence-corrected chi connectivity index (χ0v) is 34.3. The maximum Gasteiger partial charge on any atom is 0.0434 e. The molecule has 0 amide bonds. The number of nitrogens with zero attached hydrogens (tertiary/aromatic N) is 1. The Hall–Kier alpha value is -3.25. The Bertz CT molecular complexity index is 1410. The fourth-order valence-electron chi connectivity index (χ4n) is 5.33. The third kappa shape index (κ3) is 17.3. The molecule has 0 aliphatic rings. The monoisotopic (exact) mass is 738 g/mol. The number of benzene rings is 3. The van der Waals surface area contributed by atoms with Crippen LogP contribution in [0.4, 0.5) is 11.4 Å². The van der Waals surface area contributed by atoms with Gasteiger partial charge < -0.3 is 26.8 Å². The van der Waals surface area contributed by atoms with Crippen LogP contribution < -0.4 is 16.1 Å². The molecule has 3 aromatic carbocycles. The van der Waals surface area contributed by atoms with Crippen LogP contribution in [0.15, 0.2) is 104 Å². The van der Waals surface area contributed by atoms with Crippen molar-refractivity contribution < 1.29 is 32.7 Å². The molecule has 49 heavy (non-hydrogen) atoms. The van der Waals surface area contributed by atoms with Gasteiger partial charge in [0.2, 0.25) is 0 Å². The number of anilines is 2. The van der Waals surface area contributed by atoms with Crippen molar-refractivity contribution in [2.45, 2.75) is 85.5 Å². The van der Waals surface area contributed by atoms with E-state index in [1.54, 1.807) is 0 Å². The van der Waals surface area contributed by atoms with Crippen molar-refractivity contribution in [1.82, 2.24) is 10.3 Å². The third-order valence-electron chi connectivity index (χ3n) is 8.12. The molecule has 0 unspecified atom stereocenters. The van der Waals surface area contributed by atoms with Gasteiger partial charge in [-0.05, 0) is 116 Å². The number of hydrogen-bond acceptors (Lipinski definition) is 4. The second-order valence-electron chi connectivity index (χ2n) is 11.8. The van der Waals surface area contributed by atoms with Gasteiger partial charge in [-0.25, -0.2) is 13.5 Å². The van der Waals surface area contributed by atoms with Crippen LogP contribution in [0.25, 0.3) is 11.5 Å². The number of aryl methyl sites for hydroxylation is 4. The van der Waals surface area contributed by atoms with E-state index in [-0.39, 0.29) is 32.7 Å². The summed E-state index contributed by atoms with van der Waals surface area (Å²) < 4.78 is 0. The molecule has 6 heteroatoms. The van der Waals surface area contributed by atoms with Crippen molar-refractivity contribution >= 4 is 17.1 Å². The van der Waals surface area contributed by atoms with Crippen LogP contribution >= 0.6 is 0 Å². The van der Waals surface area contributed by atoms with Crippen molar-refractivity contribution in [1.29, 1.82) is 0 Å². The Morgan fingerprint density at radius 1 is 0.857 bits per heavy atom. The summed E-state index contributed by atoms with van der Waals surface area (Å²) in [5, 5.41) is 6.71. The summed E-state index contributed by atoms with van der Waals surface area (Å²) in [6, 6.07) is 22.0. The minimum atomic E-state index is 0. The molecule has 0 aliphatic carbocycles. The molecular formula is C43H63N5Y-2. The molecule has 0 heterocycles. The fourth-order valence-corrected chi connectivity index (χ4v) is 5.33. The molecule has 0 fully saturated rings. The molecule has 265 valence electrons. The standard InChI is InChI=1S/C33H42N3.C8H15N2.C2H6.Y/c1-8-26-19-28(21-31(20-26)35-24(3)4)15-16-30-23-33(34-6)32(22-29(30)9-2)25(5)36(7)18-17-27-13-11-10-12-14-27;1-3-4-5-6-7-8(2)10-9;1-2;/h10-14,19-23,34-35H,3-5,8-9,15-18H2,1-2,6-7H3;3,9-10H,1-2,4-7H2;1-2H3;/q2*-1;;. The van der Waals surface area contributed by atoms with Gasteiger partial charge in [0.05, 0.1) is 0 Å². The third-order valence-corrected chi connectivity index (χ3v) is 8.12. The molecule has 1 radical (unpaired) electrons. The van der Waals surface area contributed by atoms with Gasteiger partial charge in [-0.15, -0.1) is 12.3 Å². The van der Waals surface area contributed by atoms with E-state index in [2.05, 4.69) is 136 Å². The quantitative estimate of drug-likeness (QED) is 0.0496. The first-order valence-corrected chi connectivity index (χ1v) is 17.6. The van der Waals surface area contributed by atoms with E-state index in [1.807, 2.05) is 27.0 Å². The first-order valence-electron chi connectivity index (χ1n) is 17.6. The second kappa shape index (κ2) is 26.6. The van der Waals surface area contributed by atoms with Gasteiger partial charge in [0.15, 0.2) is 0 Å². The minimum absolute atomic E-state index is 0. The number of nitrogens with one attached hydrogen (secondary N) is 4. The summed E-state index contributed by atoms with van der Waals surface area (Å²) in [4.78, 5) is 2.27. The van der Waals surface area contributed by atoms with Gasteiger partial charge in [0.1, 0.15) is 0 Å². The smallest absolute Gasteiger partial charge is 0.0434 e. The van der Waals surface area contributed by atoms with E-state index in [0.29, 0.717) is 5.70 Å². The van der Waals surface area contributed by atoms with Crippen molar-refractivity contribution in [2.75, 3.05) is 31.3 Å². The van der Waals surface area contributed by atoms with E-state index in [4.69, 9.17) is 5.84 Å². The molecule has 0 bridgehead atoms. The zero-order chi connectivity index (χ0) is 35.9. The van der Waals surface area contributed by atoms with Crippen LogP contribution in [0.3, 0.4) is 0 Å². The minimum Gasteiger partial charge on any atom is -0.586 e. The maximum absolute atomic E-state index is 6.72. The SMILES string of the molecule is C=C([CH2-])Nc1cc(CC)cc(CCc2cc(NC)c(C(=C)N(C)CCc3ccccc3)cc2CC)c1.C=CCCCCC(=C)N[NH-].CC.[Y]. The molecule has 0 saturated carbocycles. The maximum atomic E-state index is 6.72. The van der Waals surface area contributed by atoms with Crippen molar-refractivity contribution in [3.8, 4) is 0 Å². The summed E-state index contributed by atoms with van der Waals surface area (Å²) >= 11 is 0. The number of rotatable bonds is 19. The molecule has 3 rings (SSSR count). The Labute approximate surface area is 325 Å². The predicted octanol–water partition coefficient (Wildman–Crippen LogP) is 11.4. The Morgan fingerprint density at radius 2 is 1.53 bits per heavy atom. The van der Waals surface area contributed by atoms with Crippen molar-refractivity contribution in [2.24, 2.45) is 0 Å². The largest absolute Gasteiger partial charge is 0.586 e. The first kappa shape index (κ1) is 45.8. The Morgan fingerprint density at radius 3 is 2.10 bits per heavy atom. The molecule has 5 nitrogen and oxygen atoms in total. The molecule has 0 aliphatic heterocycles. The molecule has 3 aromatic rings. The van der Waals surface area contributed by atoms with E-state index in [1.165, 1.54) is 33.4 Å². The van der Waals surface area contributed by atoms with Gasteiger partial charge in [-0.2, -0.15) is 0 Å². The number of hydrogen-bond donors (Lipinski definition) is 3. The zero-order valence-electron chi connectivity index (χ0n) is 31.5. The van der Waals surface area contributed by atoms with Gasteiger partial charge in [0.25, 0.3) is 0 Å². The Kier molecular flexibility index (Phi) is 24.8. The van der Waals surface area contributed by atoms with Crippen LogP contribution in [-0.4, -0.2) is 25.5 Å². The van der Waals surface area contributed by atoms with E-state index < -0.39 is 0 Å². The van der Waals surface area contributed by atoms with Crippen LogP contribution in [0.2, 0.25) is 0 Å². The van der Waals surface area contributed by atoms with Crippen LogP contribution in [-0.2, 0) is 64.8 Å². The fraction of sp³-hybridized carbons (Fsp3) is 0.372. The molecule has 0 aromatic heterocycles. The van der Waals surface area contributed by atoms with E-state index in [0.717, 1.165) is 87.1 Å². The molecular weight excluding hydrogens is 675 g/mol. The van der Waals surface area contributed by atoms with Gasteiger partial charge in [-0.1, -0.05) is 83.3 Å². The Balaban J connectivity index is 0.00000152.